The number of hydrogen-bond donors (Lipinski definition) is 1. The second kappa shape index (κ2) is 6.58. The summed E-state index contributed by atoms with van der Waals surface area (Å²) in [6, 6.07) is 10.5. The average Bonchev–Trinajstić information content (AvgIpc) is 2.47. The number of ether oxygens (including phenoxy) is 1. The minimum Gasteiger partial charge on any atom is -0.481 e. The molecule has 0 spiro atoms. The Bertz CT molecular complexity index is 635. The van der Waals surface area contributed by atoms with Crippen LogP contribution in [0.25, 0.3) is 0 Å². The second-order valence-corrected chi connectivity index (χ2v) is 4.08. The van der Waals surface area contributed by atoms with Crippen LogP contribution in [0, 0.1) is 24.0 Å². The van der Waals surface area contributed by atoms with Crippen molar-refractivity contribution in [1.29, 1.82) is 0 Å². The largest absolute Gasteiger partial charge is 0.481 e. The van der Waals surface area contributed by atoms with Gasteiger partial charge in [-0.1, -0.05) is 24.1 Å². The predicted molar refractivity (Wildman–Crippen MR) is 74.5 cm³/mol. The van der Waals surface area contributed by atoms with Gasteiger partial charge in [0.05, 0.1) is 5.69 Å². The molecule has 0 heterocycles. The number of halogens is 2. The van der Waals surface area contributed by atoms with E-state index in [1.165, 1.54) is 0 Å². The van der Waals surface area contributed by atoms with Gasteiger partial charge in [-0.25, -0.2) is 8.78 Å². The van der Waals surface area contributed by atoms with Gasteiger partial charge >= 0.3 is 0 Å². The summed E-state index contributed by atoms with van der Waals surface area (Å²) in [7, 11) is 0. The number of hydrogen-bond acceptors (Lipinski definition) is 2. The molecule has 0 fully saturated rings. The van der Waals surface area contributed by atoms with Crippen molar-refractivity contribution in [1.82, 2.24) is 0 Å². The van der Waals surface area contributed by atoms with Crippen molar-refractivity contribution < 1.29 is 13.5 Å². The van der Waals surface area contributed by atoms with Crippen LogP contribution in [0.15, 0.2) is 42.5 Å². The highest BCUT2D eigenvalue weighted by molar-refractivity contribution is 5.46. The van der Waals surface area contributed by atoms with E-state index in [0.29, 0.717) is 12.3 Å². The minimum atomic E-state index is -0.506. The molecular formula is C16H13F2NO. The third-order valence-corrected chi connectivity index (χ3v) is 2.68. The quantitative estimate of drug-likeness (QED) is 0.841. The highest BCUT2D eigenvalue weighted by atomic mass is 19.1. The summed E-state index contributed by atoms with van der Waals surface area (Å²) in [5.74, 6) is 2.00. The highest BCUT2D eigenvalue weighted by Crippen LogP contribution is 2.21. The maximum Gasteiger partial charge on any atom is 0.148 e. The molecule has 20 heavy (non-hydrogen) atoms. The molecule has 102 valence electrons. The van der Waals surface area contributed by atoms with Crippen LogP contribution in [-0.4, -0.2) is 6.61 Å². The van der Waals surface area contributed by atoms with E-state index in [4.69, 9.17) is 11.2 Å². The molecule has 0 aliphatic rings. The smallest absolute Gasteiger partial charge is 0.148 e. The summed E-state index contributed by atoms with van der Waals surface area (Å²) in [5.41, 5.74) is 0.920. The lowest BCUT2D eigenvalue weighted by molar-refractivity contribution is 0.366. The third-order valence-electron chi connectivity index (χ3n) is 2.68. The van der Waals surface area contributed by atoms with Crippen molar-refractivity contribution in [2.24, 2.45) is 0 Å². The van der Waals surface area contributed by atoms with Crippen molar-refractivity contribution in [3.05, 3.63) is 59.7 Å². The lowest BCUT2D eigenvalue weighted by Crippen LogP contribution is -2.05. The van der Waals surface area contributed by atoms with Gasteiger partial charge in [0.25, 0.3) is 0 Å². The molecule has 0 amide bonds. The molecule has 2 nitrogen and oxygen atoms in total. The van der Waals surface area contributed by atoms with Gasteiger partial charge in [-0.3, -0.25) is 0 Å². The fraction of sp³-hybridized carbons (Fsp3) is 0.125. The molecule has 0 unspecified atom stereocenters. The monoisotopic (exact) mass is 273 g/mol. The lowest BCUT2D eigenvalue weighted by atomic mass is 10.2. The van der Waals surface area contributed by atoms with Gasteiger partial charge in [-0.05, 0) is 24.3 Å². The zero-order valence-electron chi connectivity index (χ0n) is 10.7. The number of nitrogens with one attached hydrogen (secondary N) is 1. The first-order chi connectivity index (χ1) is 9.70. The molecule has 0 aromatic heterocycles. The van der Waals surface area contributed by atoms with E-state index in [0.717, 1.165) is 23.8 Å². The van der Waals surface area contributed by atoms with Crippen molar-refractivity contribution >= 4 is 5.69 Å². The van der Waals surface area contributed by atoms with Gasteiger partial charge < -0.3 is 10.1 Å². The maximum absolute atomic E-state index is 13.5. The van der Waals surface area contributed by atoms with Crippen LogP contribution in [0.5, 0.6) is 5.75 Å². The lowest BCUT2D eigenvalue weighted by Gasteiger charge is -2.12. The maximum atomic E-state index is 13.5. The van der Waals surface area contributed by atoms with Gasteiger partial charge in [0.1, 0.15) is 24.0 Å². The molecule has 0 radical (unpaired) electrons. The molecule has 2 aromatic rings. The Labute approximate surface area is 116 Å². The zero-order valence-corrected chi connectivity index (χ0v) is 10.7. The van der Waals surface area contributed by atoms with Crippen molar-refractivity contribution in [2.75, 3.05) is 11.9 Å². The van der Waals surface area contributed by atoms with Gasteiger partial charge in [-0.2, -0.15) is 0 Å². The first-order valence-electron chi connectivity index (χ1n) is 6.04. The summed E-state index contributed by atoms with van der Waals surface area (Å²) in [6.07, 6.45) is 5.15. The molecule has 0 saturated carbocycles. The Morgan fingerprint density at radius 2 is 1.95 bits per heavy atom. The van der Waals surface area contributed by atoms with E-state index < -0.39 is 11.6 Å². The molecule has 0 aliphatic heterocycles. The SMILES string of the molecule is C#CCOc1ccccc1CNc1cc(F)ccc1F. The van der Waals surface area contributed by atoms with E-state index in [9.17, 15) is 8.78 Å². The van der Waals surface area contributed by atoms with Crippen LogP contribution in [-0.2, 0) is 6.54 Å². The summed E-state index contributed by atoms with van der Waals surface area (Å²) >= 11 is 0. The molecule has 0 atom stereocenters. The summed E-state index contributed by atoms with van der Waals surface area (Å²) in [5, 5.41) is 2.84. The highest BCUT2D eigenvalue weighted by Gasteiger charge is 2.06. The summed E-state index contributed by atoms with van der Waals surface area (Å²) < 4.78 is 31.9. The number of rotatable bonds is 5. The predicted octanol–water partition coefficient (Wildman–Crippen LogP) is 3.59. The van der Waals surface area contributed by atoms with E-state index in [1.54, 1.807) is 6.07 Å². The Hall–Kier alpha value is -2.54. The minimum absolute atomic E-state index is 0.108. The Balaban J connectivity index is 2.11. The molecular weight excluding hydrogens is 260 g/mol. The molecule has 2 aromatic carbocycles. The zero-order chi connectivity index (χ0) is 14.4. The normalized spacial score (nSPS) is 9.85. The van der Waals surface area contributed by atoms with Crippen LogP contribution in [0.2, 0.25) is 0 Å². The fourth-order valence-electron chi connectivity index (χ4n) is 1.73. The summed E-state index contributed by atoms with van der Waals surface area (Å²) in [6.45, 7) is 0.465. The van der Waals surface area contributed by atoms with Gasteiger partial charge in [0, 0.05) is 12.1 Å². The van der Waals surface area contributed by atoms with Crippen LogP contribution in [0.1, 0.15) is 5.56 Å². The van der Waals surface area contributed by atoms with Crippen molar-refractivity contribution in [3.8, 4) is 18.1 Å². The first kappa shape index (κ1) is 13.9. The number of para-hydroxylation sites is 1. The molecule has 2 rings (SSSR count). The Morgan fingerprint density at radius 1 is 1.15 bits per heavy atom. The number of benzene rings is 2. The van der Waals surface area contributed by atoms with Gasteiger partial charge in [0.15, 0.2) is 0 Å². The summed E-state index contributed by atoms with van der Waals surface area (Å²) in [4.78, 5) is 0. The van der Waals surface area contributed by atoms with E-state index in [1.807, 2.05) is 18.2 Å². The van der Waals surface area contributed by atoms with Crippen molar-refractivity contribution in [2.45, 2.75) is 6.54 Å². The van der Waals surface area contributed by atoms with Crippen LogP contribution < -0.4 is 10.1 Å². The number of terminal acetylenes is 1. The van der Waals surface area contributed by atoms with Crippen LogP contribution in [0.3, 0.4) is 0 Å². The van der Waals surface area contributed by atoms with Crippen LogP contribution >= 0.6 is 0 Å². The molecule has 4 heteroatoms. The number of anilines is 1. The van der Waals surface area contributed by atoms with Crippen molar-refractivity contribution in [3.63, 3.8) is 0 Å². The van der Waals surface area contributed by atoms with Crippen LogP contribution in [0.4, 0.5) is 14.5 Å². The van der Waals surface area contributed by atoms with Gasteiger partial charge in [-0.15, -0.1) is 6.42 Å². The second-order valence-electron chi connectivity index (χ2n) is 4.08. The Morgan fingerprint density at radius 3 is 2.75 bits per heavy atom. The molecule has 0 saturated heterocycles. The average molecular weight is 273 g/mol. The standard InChI is InChI=1S/C16H13F2NO/c1-2-9-20-16-6-4-3-5-12(16)11-19-15-10-13(17)7-8-14(15)18/h1,3-8,10,19H,9,11H2. The topological polar surface area (TPSA) is 21.3 Å². The molecule has 0 aliphatic carbocycles. The van der Waals surface area contributed by atoms with Gasteiger partial charge in [0.2, 0.25) is 0 Å². The Kier molecular flexibility index (Phi) is 4.56. The first-order valence-corrected chi connectivity index (χ1v) is 6.04. The fourth-order valence-corrected chi connectivity index (χ4v) is 1.73. The molecule has 0 bridgehead atoms. The molecule has 1 N–H and O–H groups in total. The van der Waals surface area contributed by atoms with E-state index >= 15 is 0 Å². The van der Waals surface area contributed by atoms with E-state index in [2.05, 4.69) is 11.2 Å². The third kappa shape index (κ3) is 3.48. The van der Waals surface area contributed by atoms with E-state index in [-0.39, 0.29) is 12.3 Å².